The fraction of sp³-hybridized carbons (Fsp3) is 0.143. The second-order valence-electron chi connectivity index (χ2n) is 6.54. The zero-order valence-corrected chi connectivity index (χ0v) is 17.7. The standard InChI is InChI=1S/C21H18ClNO6S/c1-28-19(24)21(20(25)29-2)11-17(13-3-7-15(22)8-4-13)18(12-21)14-5-9-16(10-6-14)30(23,26)27/h3-12H,1-2H3,(H2,23,26,27). The van der Waals surface area contributed by atoms with Gasteiger partial charge in [0.25, 0.3) is 0 Å². The van der Waals surface area contributed by atoms with Crippen LogP contribution in [0.4, 0.5) is 0 Å². The van der Waals surface area contributed by atoms with Crippen LogP contribution in [0.5, 0.6) is 0 Å². The quantitative estimate of drug-likeness (QED) is 0.557. The smallest absolute Gasteiger partial charge is 0.331 e. The molecular formula is C21H18ClNO6S. The molecule has 3 rings (SSSR count). The van der Waals surface area contributed by atoms with E-state index < -0.39 is 27.4 Å². The molecule has 0 atom stereocenters. The molecule has 2 N–H and O–H groups in total. The predicted molar refractivity (Wildman–Crippen MR) is 112 cm³/mol. The summed E-state index contributed by atoms with van der Waals surface area (Å²) in [6, 6.07) is 12.6. The Bertz CT molecular complexity index is 1150. The normalized spacial score (nSPS) is 15.2. The lowest BCUT2D eigenvalue weighted by Gasteiger charge is -2.18. The first-order valence-corrected chi connectivity index (χ1v) is 10.6. The summed E-state index contributed by atoms with van der Waals surface area (Å²) >= 11 is 5.98. The Labute approximate surface area is 178 Å². The third-order valence-electron chi connectivity index (χ3n) is 4.73. The minimum Gasteiger partial charge on any atom is -0.468 e. The predicted octanol–water partition coefficient (Wildman–Crippen LogP) is 2.80. The van der Waals surface area contributed by atoms with Crippen LogP contribution < -0.4 is 5.14 Å². The average Bonchev–Trinajstić information content (AvgIpc) is 3.14. The first-order valence-electron chi connectivity index (χ1n) is 8.64. The summed E-state index contributed by atoms with van der Waals surface area (Å²) in [6.07, 6.45) is 2.91. The number of esters is 2. The highest BCUT2D eigenvalue weighted by atomic mass is 35.5. The second-order valence-corrected chi connectivity index (χ2v) is 8.54. The van der Waals surface area contributed by atoms with Crippen molar-refractivity contribution in [3.8, 4) is 0 Å². The second kappa shape index (κ2) is 8.06. The molecule has 9 heteroatoms. The van der Waals surface area contributed by atoms with E-state index in [0.29, 0.717) is 27.3 Å². The zero-order valence-electron chi connectivity index (χ0n) is 16.1. The highest BCUT2D eigenvalue weighted by Gasteiger charge is 2.49. The Balaban J connectivity index is 2.23. The number of hydrogen-bond acceptors (Lipinski definition) is 6. The van der Waals surface area contributed by atoms with Crippen LogP contribution in [-0.4, -0.2) is 34.6 Å². The van der Waals surface area contributed by atoms with Gasteiger partial charge in [-0.15, -0.1) is 0 Å². The van der Waals surface area contributed by atoms with Crippen molar-refractivity contribution in [2.75, 3.05) is 14.2 Å². The van der Waals surface area contributed by atoms with Crippen molar-refractivity contribution >= 4 is 44.7 Å². The van der Waals surface area contributed by atoms with E-state index in [9.17, 15) is 18.0 Å². The van der Waals surface area contributed by atoms with Gasteiger partial charge >= 0.3 is 11.9 Å². The molecule has 156 valence electrons. The number of sulfonamides is 1. The first kappa shape index (κ1) is 21.8. The molecule has 7 nitrogen and oxygen atoms in total. The molecular weight excluding hydrogens is 430 g/mol. The fourth-order valence-electron chi connectivity index (χ4n) is 3.24. The number of nitrogens with two attached hydrogens (primary N) is 1. The summed E-state index contributed by atoms with van der Waals surface area (Å²) in [5.41, 5.74) is 0.556. The van der Waals surface area contributed by atoms with Crippen molar-refractivity contribution in [3.63, 3.8) is 0 Å². The summed E-state index contributed by atoms with van der Waals surface area (Å²) in [5.74, 6) is -1.62. The van der Waals surface area contributed by atoms with Gasteiger partial charge in [-0.1, -0.05) is 35.9 Å². The molecule has 0 amide bonds. The molecule has 1 aliphatic carbocycles. The SMILES string of the molecule is COC(=O)C1(C(=O)OC)C=C(c2ccc(Cl)cc2)C(c2ccc(S(N)(=O)=O)cc2)=C1. The van der Waals surface area contributed by atoms with Crippen LogP contribution in [0, 0.1) is 5.41 Å². The minimum atomic E-state index is -3.87. The van der Waals surface area contributed by atoms with Crippen molar-refractivity contribution in [1.82, 2.24) is 0 Å². The van der Waals surface area contributed by atoms with E-state index in [1.165, 1.54) is 38.5 Å². The first-order chi connectivity index (χ1) is 14.1. The van der Waals surface area contributed by atoms with Crippen molar-refractivity contribution in [2.24, 2.45) is 10.6 Å². The van der Waals surface area contributed by atoms with Crippen molar-refractivity contribution in [2.45, 2.75) is 4.90 Å². The molecule has 2 aromatic rings. The van der Waals surface area contributed by atoms with E-state index in [1.807, 2.05) is 0 Å². The van der Waals surface area contributed by atoms with E-state index in [1.54, 1.807) is 36.4 Å². The summed E-state index contributed by atoms with van der Waals surface area (Å²) in [5, 5.41) is 5.68. The number of allylic oxidation sites excluding steroid dienone is 2. The number of halogens is 1. The number of benzene rings is 2. The molecule has 0 saturated heterocycles. The molecule has 0 radical (unpaired) electrons. The van der Waals surface area contributed by atoms with Crippen LogP contribution in [0.3, 0.4) is 0 Å². The maximum Gasteiger partial charge on any atom is 0.331 e. The number of carbonyl (C=O) groups is 2. The number of methoxy groups -OCH3 is 2. The molecule has 2 aromatic carbocycles. The van der Waals surface area contributed by atoms with Crippen molar-refractivity contribution < 1.29 is 27.5 Å². The van der Waals surface area contributed by atoms with Crippen LogP contribution >= 0.6 is 11.6 Å². The van der Waals surface area contributed by atoms with Gasteiger partial charge in [-0.3, -0.25) is 9.59 Å². The summed E-state index contributed by atoms with van der Waals surface area (Å²) in [7, 11) is -1.52. The summed E-state index contributed by atoms with van der Waals surface area (Å²) < 4.78 is 32.9. The minimum absolute atomic E-state index is 0.0610. The van der Waals surface area contributed by atoms with Gasteiger partial charge in [-0.2, -0.15) is 0 Å². The lowest BCUT2D eigenvalue weighted by atomic mass is 9.89. The average molecular weight is 448 g/mol. The van der Waals surface area contributed by atoms with Gasteiger partial charge in [-0.25, -0.2) is 13.6 Å². The van der Waals surface area contributed by atoms with E-state index in [0.717, 1.165) is 0 Å². The third kappa shape index (κ3) is 3.89. The van der Waals surface area contributed by atoms with Crippen molar-refractivity contribution in [3.05, 3.63) is 76.8 Å². The Morgan fingerprint density at radius 1 is 0.833 bits per heavy atom. The van der Waals surface area contributed by atoms with E-state index in [4.69, 9.17) is 26.2 Å². The monoisotopic (exact) mass is 447 g/mol. The molecule has 0 unspecified atom stereocenters. The molecule has 0 fully saturated rings. The Morgan fingerprint density at radius 3 is 1.60 bits per heavy atom. The van der Waals surface area contributed by atoms with Gasteiger partial charge in [0.15, 0.2) is 0 Å². The molecule has 0 heterocycles. The lowest BCUT2D eigenvalue weighted by Crippen LogP contribution is -2.36. The van der Waals surface area contributed by atoms with Crippen LogP contribution in [-0.2, 0) is 29.1 Å². The van der Waals surface area contributed by atoms with Gasteiger partial charge in [0.05, 0.1) is 19.1 Å². The summed E-state index contributed by atoms with van der Waals surface area (Å²) in [4.78, 5) is 25.1. The topological polar surface area (TPSA) is 113 Å². The lowest BCUT2D eigenvalue weighted by molar-refractivity contribution is -0.161. The maximum absolute atomic E-state index is 12.6. The molecule has 30 heavy (non-hydrogen) atoms. The molecule has 0 bridgehead atoms. The van der Waals surface area contributed by atoms with Gasteiger partial charge in [-0.05, 0) is 58.7 Å². The molecule has 0 saturated carbocycles. The molecule has 0 spiro atoms. The number of primary sulfonamides is 1. The van der Waals surface area contributed by atoms with E-state index in [2.05, 4.69) is 0 Å². The van der Waals surface area contributed by atoms with Gasteiger partial charge < -0.3 is 9.47 Å². The highest BCUT2D eigenvalue weighted by molar-refractivity contribution is 7.89. The van der Waals surface area contributed by atoms with Crippen LogP contribution in [0.2, 0.25) is 5.02 Å². The largest absolute Gasteiger partial charge is 0.468 e. The molecule has 0 aromatic heterocycles. The number of ether oxygens (including phenoxy) is 2. The van der Waals surface area contributed by atoms with Gasteiger partial charge in [0.2, 0.25) is 15.4 Å². The van der Waals surface area contributed by atoms with Crippen LogP contribution in [0.15, 0.2) is 65.6 Å². The Morgan fingerprint density at radius 2 is 1.23 bits per heavy atom. The van der Waals surface area contributed by atoms with E-state index in [-0.39, 0.29) is 4.90 Å². The van der Waals surface area contributed by atoms with Gasteiger partial charge in [0, 0.05) is 5.02 Å². The number of carbonyl (C=O) groups excluding carboxylic acids is 2. The molecule has 1 aliphatic rings. The number of hydrogen-bond donors (Lipinski definition) is 1. The van der Waals surface area contributed by atoms with Gasteiger partial charge in [0.1, 0.15) is 0 Å². The molecule has 0 aliphatic heterocycles. The zero-order chi connectivity index (χ0) is 22.1. The number of rotatable bonds is 5. The summed E-state index contributed by atoms with van der Waals surface area (Å²) in [6.45, 7) is 0. The Kier molecular flexibility index (Phi) is 5.85. The highest BCUT2D eigenvalue weighted by Crippen LogP contribution is 2.45. The fourth-order valence-corrected chi connectivity index (χ4v) is 3.88. The third-order valence-corrected chi connectivity index (χ3v) is 5.91. The van der Waals surface area contributed by atoms with Crippen LogP contribution in [0.25, 0.3) is 11.1 Å². The van der Waals surface area contributed by atoms with E-state index >= 15 is 0 Å². The Hall–Kier alpha value is -2.94. The van der Waals surface area contributed by atoms with Crippen LogP contribution in [0.1, 0.15) is 11.1 Å². The van der Waals surface area contributed by atoms with Crippen molar-refractivity contribution in [1.29, 1.82) is 0 Å². The maximum atomic E-state index is 12.6.